The van der Waals surface area contributed by atoms with Gasteiger partial charge in [0.15, 0.2) is 0 Å². The molecule has 1 aromatic carbocycles. The average Bonchev–Trinajstić information content (AvgIpc) is 2.93. The number of hydrogen-bond donors (Lipinski definition) is 0. The van der Waals surface area contributed by atoms with Crippen molar-refractivity contribution >= 4 is 12.6 Å². The molecule has 0 aliphatic carbocycles. The van der Waals surface area contributed by atoms with Gasteiger partial charge < -0.3 is 9.31 Å². The molecule has 1 fully saturated rings. The number of benzene rings is 1. The minimum absolute atomic E-state index is 0.316. The van der Waals surface area contributed by atoms with Crippen LogP contribution in [0.5, 0.6) is 0 Å². The van der Waals surface area contributed by atoms with Gasteiger partial charge in [-0.3, -0.25) is 4.68 Å². The molecule has 23 heavy (non-hydrogen) atoms. The third-order valence-corrected chi connectivity index (χ3v) is 4.67. The number of aryl methyl sites for hydroxylation is 1. The van der Waals surface area contributed by atoms with Gasteiger partial charge in [0.25, 0.3) is 0 Å². The van der Waals surface area contributed by atoms with Crippen LogP contribution in [0, 0.1) is 12.7 Å². The molecule has 1 aromatic heterocycles. The molecule has 0 radical (unpaired) electrons. The maximum absolute atomic E-state index is 14.3. The van der Waals surface area contributed by atoms with Gasteiger partial charge in [0.1, 0.15) is 5.82 Å². The number of hydrogen-bond acceptors (Lipinski definition) is 3. The van der Waals surface area contributed by atoms with Crippen molar-refractivity contribution in [3.05, 3.63) is 47.5 Å². The second kappa shape index (κ2) is 5.46. The second-order valence-corrected chi connectivity index (χ2v) is 7.16. The molecule has 1 aliphatic heterocycles. The van der Waals surface area contributed by atoms with E-state index in [2.05, 4.69) is 5.10 Å². The first-order valence-corrected chi connectivity index (χ1v) is 7.81. The van der Waals surface area contributed by atoms with Crippen LogP contribution < -0.4 is 5.46 Å². The van der Waals surface area contributed by atoms with Gasteiger partial charge in [0.05, 0.1) is 23.9 Å². The van der Waals surface area contributed by atoms with Crippen LogP contribution in [-0.2, 0) is 15.9 Å². The van der Waals surface area contributed by atoms with Gasteiger partial charge in [-0.05, 0) is 51.8 Å². The summed E-state index contributed by atoms with van der Waals surface area (Å²) in [7, 11) is -0.695. The van der Waals surface area contributed by atoms with Gasteiger partial charge in [-0.15, -0.1) is 0 Å². The predicted molar refractivity (Wildman–Crippen MR) is 88.2 cm³/mol. The lowest BCUT2D eigenvalue weighted by molar-refractivity contribution is 0.00578. The van der Waals surface area contributed by atoms with Gasteiger partial charge in [-0.25, -0.2) is 4.39 Å². The first-order valence-electron chi connectivity index (χ1n) is 7.81. The monoisotopic (exact) mass is 316 g/mol. The third kappa shape index (κ3) is 3.05. The van der Waals surface area contributed by atoms with E-state index in [1.54, 1.807) is 18.3 Å². The van der Waals surface area contributed by atoms with Crippen LogP contribution in [0.25, 0.3) is 0 Å². The summed E-state index contributed by atoms with van der Waals surface area (Å²) in [5, 5.41) is 4.27. The fraction of sp³-hybridized carbons (Fsp3) is 0.471. The molecule has 0 amide bonds. The van der Waals surface area contributed by atoms with Gasteiger partial charge in [-0.1, -0.05) is 12.1 Å². The first kappa shape index (κ1) is 16.2. The summed E-state index contributed by atoms with van der Waals surface area (Å²) in [6, 6.07) is 5.03. The van der Waals surface area contributed by atoms with Crippen LogP contribution in [-0.4, -0.2) is 28.1 Å². The molecule has 0 unspecified atom stereocenters. The zero-order chi connectivity index (χ0) is 16.8. The van der Waals surface area contributed by atoms with Crippen LogP contribution in [0.3, 0.4) is 0 Å². The van der Waals surface area contributed by atoms with Crippen molar-refractivity contribution in [3.63, 3.8) is 0 Å². The first-order chi connectivity index (χ1) is 10.7. The Hall–Kier alpha value is -1.66. The quantitative estimate of drug-likeness (QED) is 0.817. The maximum atomic E-state index is 14.3. The minimum atomic E-state index is -0.695. The van der Waals surface area contributed by atoms with Crippen molar-refractivity contribution in [3.8, 4) is 0 Å². The van der Waals surface area contributed by atoms with E-state index in [9.17, 15) is 4.39 Å². The molecule has 1 aliphatic rings. The summed E-state index contributed by atoms with van der Waals surface area (Å²) in [6.45, 7) is 10.4. The van der Waals surface area contributed by atoms with Crippen molar-refractivity contribution in [1.29, 1.82) is 0 Å². The Kier molecular flexibility index (Phi) is 3.85. The molecule has 0 spiro atoms. The number of rotatable bonds is 3. The Morgan fingerprint density at radius 1 is 1.17 bits per heavy atom. The topological polar surface area (TPSA) is 36.3 Å². The lowest BCUT2D eigenvalue weighted by atomic mass is 9.78. The van der Waals surface area contributed by atoms with Gasteiger partial charge in [-0.2, -0.15) is 5.10 Å². The Bertz CT molecular complexity index is 711. The zero-order valence-electron chi connectivity index (χ0n) is 14.3. The van der Waals surface area contributed by atoms with Crippen molar-refractivity contribution in [2.45, 2.75) is 52.4 Å². The SMILES string of the molecule is Cc1cnn(Cc2ccc(F)c(B3OC(C)(C)C(C)(C)O3)c2)c1. The fourth-order valence-electron chi connectivity index (χ4n) is 2.58. The molecule has 0 saturated carbocycles. The molecule has 1 saturated heterocycles. The molecule has 3 rings (SSSR count). The zero-order valence-corrected chi connectivity index (χ0v) is 14.3. The van der Waals surface area contributed by atoms with Crippen LogP contribution >= 0.6 is 0 Å². The fourth-order valence-corrected chi connectivity index (χ4v) is 2.58. The molecule has 2 aromatic rings. The summed E-state index contributed by atoms with van der Waals surface area (Å²) >= 11 is 0. The number of halogens is 1. The highest BCUT2D eigenvalue weighted by Crippen LogP contribution is 2.36. The van der Waals surface area contributed by atoms with E-state index in [1.807, 2.05) is 45.5 Å². The molecular formula is C17H22BFN2O2. The largest absolute Gasteiger partial charge is 0.497 e. The van der Waals surface area contributed by atoms with Crippen LogP contribution in [0.15, 0.2) is 30.6 Å². The van der Waals surface area contributed by atoms with Gasteiger partial charge in [0.2, 0.25) is 0 Å². The molecular weight excluding hydrogens is 294 g/mol. The summed E-state index contributed by atoms with van der Waals surface area (Å²) in [5.74, 6) is -0.316. The van der Waals surface area contributed by atoms with Crippen LogP contribution in [0.1, 0.15) is 38.8 Å². The normalized spacial score (nSPS) is 19.3. The third-order valence-electron chi connectivity index (χ3n) is 4.67. The molecule has 0 atom stereocenters. The van der Waals surface area contributed by atoms with E-state index in [0.717, 1.165) is 11.1 Å². The average molecular weight is 316 g/mol. The van der Waals surface area contributed by atoms with E-state index in [1.165, 1.54) is 6.07 Å². The van der Waals surface area contributed by atoms with Crippen molar-refractivity contribution < 1.29 is 13.7 Å². The minimum Gasteiger partial charge on any atom is -0.399 e. The van der Waals surface area contributed by atoms with E-state index < -0.39 is 18.3 Å². The number of nitrogens with zero attached hydrogens (tertiary/aromatic N) is 2. The Morgan fingerprint density at radius 2 is 1.83 bits per heavy atom. The predicted octanol–water partition coefficient (Wildman–Crippen LogP) is 2.68. The second-order valence-electron chi connectivity index (χ2n) is 7.16. The highest BCUT2D eigenvalue weighted by atomic mass is 19.1. The Balaban J connectivity index is 1.87. The highest BCUT2D eigenvalue weighted by molar-refractivity contribution is 6.62. The van der Waals surface area contributed by atoms with Crippen LogP contribution in [0.4, 0.5) is 4.39 Å². The lowest BCUT2D eigenvalue weighted by Gasteiger charge is -2.32. The lowest BCUT2D eigenvalue weighted by Crippen LogP contribution is -2.41. The van der Waals surface area contributed by atoms with E-state index in [4.69, 9.17) is 9.31 Å². The highest BCUT2D eigenvalue weighted by Gasteiger charge is 2.52. The van der Waals surface area contributed by atoms with Crippen molar-refractivity contribution in [2.24, 2.45) is 0 Å². The molecule has 0 N–H and O–H groups in total. The van der Waals surface area contributed by atoms with E-state index in [-0.39, 0.29) is 5.82 Å². The number of aromatic nitrogens is 2. The summed E-state index contributed by atoms with van der Waals surface area (Å²) in [5.41, 5.74) is 1.51. The smallest absolute Gasteiger partial charge is 0.399 e. The van der Waals surface area contributed by atoms with E-state index in [0.29, 0.717) is 12.0 Å². The summed E-state index contributed by atoms with van der Waals surface area (Å²) < 4.78 is 28.0. The Morgan fingerprint density at radius 3 is 2.39 bits per heavy atom. The molecule has 122 valence electrons. The Labute approximate surface area is 136 Å². The molecule has 6 heteroatoms. The molecule has 4 nitrogen and oxygen atoms in total. The summed E-state index contributed by atoms with van der Waals surface area (Å²) in [6.07, 6.45) is 3.76. The van der Waals surface area contributed by atoms with Crippen molar-refractivity contribution in [1.82, 2.24) is 9.78 Å². The van der Waals surface area contributed by atoms with E-state index >= 15 is 0 Å². The van der Waals surface area contributed by atoms with Gasteiger partial charge in [0, 0.05) is 11.7 Å². The maximum Gasteiger partial charge on any atom is 0.497 e. The standard InChI is InChI=1S/C17H22BFN2O2/c1-12-9-20-21(10-12)11-13-6-7-15(19)14(8-13)18-22-16(2,3)17(4,5)23-18/h6-10H,11H2,1-5H3. The summed E-state index contributed by atoms with van der Waals surface area (Å²) in [4.78, 5) is 0. The molecule has 0 bridgehead atoms. The van der Waals surface area contributed by atoms with Crippen LogP contribution in [0.2, 0.25) is 0 Å². The molecule has 2 heterocycles. The van der Waals surface area contributed by atoms with Gasteiger partial charge >= 0.3 is 7.12 Å². The van der Waals surface area contributed by atoms with Crippen molar-refractivity contribution in [2.75, 3.05) is 0 Å².